The number of likely N-dealkylation sites (tertiary alicyclic amines) is 1. The lowest BCUT2D eigenvalue weighted by Crippen LogP contribution is -2.39. The van der Waals surface area contributed by atoms with Crippen molar-refractivity contribution >= 4 is 50.3 Å². The zero-order chi connectivity index (χ0) is 20.5. The van der Waals surface area contributed by atoms with E-state index in [-0.39, 0.29) is 11.2 Å². The molecule has 3 heterocycles. The van der Waals surface area contributed by atoms with Gasteiger partial charge in [-0.05, 0) is 44.0 Å². The summed E-state index contributed by atoms with van der Waals surface area (Å²) < 4.78 is 1.25. The maximum atomic E-state index is 12.8. The monoisotopic (exact) mass is 436 g/mol. The molecule has 5 nitrogen and oxygen atoms in total. The molecule has 1 atom stereocenters. The highest BCUT2D eigenvalue weighted by Crippen LogP contribution is 2.34. The summed E-state index contributed by atoms with van der Waals surface area (Å²) in [4.78, 5) is 27.6. The van der Waals surface area contributed by atoms with Gasteiger partial charge in [-0.15, -0.1) is 23.1 Å². The second kappa shape index (κ2) is 8.40. The predicted octanol–water partition coefficient (Wildman–Crippen LogP) is 5.37. The van der Waals surface area contributed by atoms with E-state index in [2.05, 4.69) is 35.1 Å². The van der Waals surface area contributed by atoms with E-state index in [1.807, 2.05) is 35.2 Å². The van der Waals surface area contributed by atoms with Crippen molar-refractivity contribution in [1.29, 1.82) is 0 Å². The molecule has 0 aliphatic carbocycles. The molecule has 2 aromatic heterocycles. The summed E-state index contributed by atoms with van der Waals surface area (Å²) in [6, 6.07) is 16.4. The van der Waals surface area contributed by atoms with Gasteiger partial charge in [0.2, 0.25) is 5.91 Å². The molecule has 154 valence electrons. The standard InChI is InChI=1S/C23H24N4OS2/c1-15(22-24-17-6-2-3-7-18(17)25-22)29-14-21(28)27-12-10-16(11-13-27)23-26-19-8-4-5-9-20(19)30-23/h2-9,15-16H,10-14H2,1H3,(H,24,25). The van der Waals surface area contributed by atoms with Crippen LogP contribution in [0.5, 0.6) is 0 Å². The van der Waals surface area contributed by atoms with Gasteiger partial charge in [0, 0.05) is 19.0 Å². The first kappa shape index (κ1) is 19.6. The third-order valence-electron chi connectivity index (χ3n) is 5.76. The van der Waals surface area contributed by atoms with Gasteiger partial charge in [-0.1, -0.05) is 24.3 Å². The molecule has 2 aromatic carbocycles. The van der Waals surface area contributed by atoms with Crippen LogP contribution < -0.4 is 0 Å². The van der Waals surface area contributed by atoms with E-state index in [1.165, 1.54) is 9.71 Å². The van der Waals surface area contributed by atoms with Crippen molar-refractivity contribution in [3.05, 3.63) is 59.4 Å². The third kappa shape index (κ3) is 3.96. The largest absolute Gasteiger partial charge is 0.342 e. The number of hydrogen-bond acceptors (Lipinski definition) is 5. The first-order valence-electron chi connectivity index (χ1n) is 10.4. The number of nitrogens with zero attached hydrogens (tertiary/aromatic N) is 3. The number of rotatable bonds is 5. The first-order valence-corrected chi connectivity index (χ1v) is 12.2. The molecule has 1 saturated heterocycles. The van der Waals surface area contributed by atoms with Crippen molar-refractivity contribution in [3.63, 3.8) is 0 Å². The molecule has 1 unspecified atom stereocenters. The van der Waals surface area contributed by atoms with E-state index in [0.29, 0.717) is 11.7 Å². The minimum Gasteiger partial charge on any atom is -0.342 e. The molecule has 4 aromatic rings. The van der Waals surface area contributed by atoms with E-state index in [4.69, 9.17) is 4.98 Å². The van der Waals surface area contributed by atoms with Gasteiger partial charge in [0.25, 0.3) is 0 Å². The zero-order valence-electron chi connectivity index (χ0n) is 16.9. The Kier molecular flexibility index (Phi) is 5.48. The van der Waals surface area contributed by atoms with E-state index >= 15 is 0 Å². The Morgan fingerprint density at radius 2 is 1.87 bits per heavy atom. The van der Waals surface area contributed by atoms with E-state index in [0.717, 1.165) is 48.3 Å². The molecule has 0 spiro atoms. The number of piperidine rings is 1. The number of nitrogens with one attached hydrogen (secondary N) is 1. The van der Waals surface area contributed by atoms with Gasteiger partial charge in [0.05, 0.1) is 37.3 Å². The van der Waals surface area contributed by atoms with Crippen LogP contribution in [-0.2, 0) is 4.79 Å². The molecule has 1 fully saturated rings. The SMILES string of the molecule is CC(SCC(=O)N1CCC(c2nc3ccccc3s2)CC1)c1nc2ccccc2[nH]1. The number of H-pyrrole nitrogens is 1. The van der Waals surface area contributed by atoms with Crippen LogP contribution in [0.1, 0.15) is 41.8 Å². The van der Waals surface area contributed by atoms with Crippen molar-refractivity contribution < 1.29 is 4.79 Å². The fourth-order valence-electron chi connectivity index (χ4n) is 3.97. The summed E-state index contributed by atoms with van der Waals surface area (Å²) in [5.74, 6) is 2.12. The van der Waals surface area contributed by atoms with E-state index in [9.17, 15) is 4.79 Å². The zero-order valence-corrected chi connectivity index (χ0v) is 18.5. The topological polar surface area (TPSA) is 61.9 Å². The lowest BCUT2D eigenvalue weighted by Gasteiger charge is -2.31. The lowest BCUT2D eigenvalue weighted by molar-refractivity contribution is -0.129. The quantitative estimate of drug-likeness (QED) is 0.457. The first-order chi connectivity index (χ1) is 14.7. The number of hydrogen-bond donors (Lipinski definition) is 1. The Balaban J connectivity index is 1.14. The van der Waals surface area contributed by atoms with Gasteiger partial charge >= 0.3 is 0 Å². The number of benzene rings is 2. The second-order valence-electron chi connectivity index (χ2n) is 7.77. The average molecular weight is 437 g/mol. The Hall–Kier alpha value is -2.38. The van der Waals surface area contributed by atoms with Crippen molar-refractivity contribution in [2.45, 2.75) is 30.9 Å². The van der Waals surface area contributed by atoms with Crippen LogP contribution in [0.25, 0.3) is 21.3 Å². The van der Waals surface area contributed by atoms with Crippen LogP contribution in [0, 0.1) is 0 Å². The molecule has 0 saturated carbocycles. The van der Waals surface area contributed by atoms with Crippen LogP contribution in [0.2, 0.25) is 0 Å². The number of carbonyl (C=O) groups excluding carboxylic acids is 1. The van der Waals surface area contributed by atoms with Gasteiger partial charge < -0.3 is 9.88 Å². The second-order valence-corrected chi connectivity index (χ2v) is 10.2. The molecule has 1 N–H and O–H groups in total. The van der Waals surface area contributed by atoms with Crippen LogP contribution >= 0.6 is 23.1 Å². The van der Waals surface area contributed by atoms with Crippen molar-refractivity contribution in [2.24, 2.45) is 0 Å². The van der Waals surface area contributed by atoms with E-state index in [1.54, 1.807) is 23.1 Å². The number of carbonyl (C=O) groups is 1. The number of aromatic amines is 1. The summed E-state index contributed by atoms with van der Waals surface area (Å²) in [5.41, 5.74) is 3.11. The summed E-state index contributed by atoms with van der Waals surface area (Å²) in [7, 11) is 0. The number of para-hydroxylation sites is 3. The fraction of sp³-hybridized carbons (Fsp3) is 0.348. The summed E-state index contributed by atoms with van der Waals surface area (Å²) in [6.45, 7) is 3.74. The number of fused-ring (bicyclic) bond motifs is 2. The molecule has 5 rings (SSSR count). The summed E-state index contributed by atoms with van der Waals surface area (Å²) in [6.07, 6.45) is 1.99. The molecule has 7 heteroatoms. The molecule has 0 radical (unpaired) electrons. The number of imidazole rings is 1. The molecule has 1 amide bonds. The maximum absolute atomic E-state index is 12.8. The molecular formula is C23H24N4OS2. The molecule has 30 heavy (non-hydrogen) atoms. The Morgan fingerprint density at radius 1 is 1.13 bits per heavy atom. The normalized spacial score (nSPS) is 16.4. The van der Waals surface area contributed by atoms with Crippen LogP contribution in [-0.4, -0.2) is 44.6 Å². The smallest absolute Gasteiger partial charge is 0.232 e. The number of thioether (sulfide) groups is 1. The van der Waals surface area contributed by atoms with Gasteiger partial charge in [0.1, 0.15) is 5.82 Å². The van der Waals surface area contributed by atoms with Crippen LogP contribution in [0.4, 0.5) is 0 Å². The van der Waals surface area contributed by atoms with Crippen LogP contribution in [0.3, 0.4) is 0 Å². The highest BCUT2D eigenvalue weighted by Gasteiger charge is 2.26. The molecule has 1 aliphatic rings. The van der Waals surface area contributed by atoms with Gasteiger partial charge in [0.15, 0.2) is 0 Å². The number of aromatic nitrogens is 3. The highest BCUT2D eigenvalue weighted by molar-refractivity contribution is 8.00. The van der Waals surface area contributed by atoms with Crippen molar-refractivity contribution in [1.82, 2.24) is 19.9 Å². The van der Waals surface area contributed by atoms with Gasteiger partial charge in [-0.25, -0.2) is 9.97 Å². The lowest BCUT2D eigenvalue weighted by atomic mass is 9.97. The number of amides is 1. The van der Waals surface area contributed by atoms with Crippen molar-refractivity contribution in [2.75, 3.05) is 18.8 Å². The molecule has 1 aliphatic heterocycles. The Labute approximate surface area is 183 Å². The Morgan fingerprint density at radius 3 is 2.63 bits per heavy atom. The van der Waals surface area contributed by atoms with E-state index < -0.39 is 0 Å². The Bertz CT molecular complexity index is 1110. The van der Waals surface area contributed by atoms with Gasteiger partial charge in [-0.3, -0.25) is 4.79 Å². The van der Waals surface area contributed by atoms with Gasteiger partial charge in [-0.2, -0.15) is 0 Å². The predicted molar refractivity (Wildman–Crippen MR) is 125 cm³/mol. The molecule has 0 bridgehead atoms. The van der Waals surface area contributed by atoms with Crippen molar-refractivity contribution in [3.8, 4) is 0 Å². The minimum absolute atomic E-state index is 0.154. The molecular weight excluding hydrogens is 412 g/mol. The highest BCUT2D eigenvalue weighted by atomic mass is 32.2. The fourth-order valence-corrected chi connectivity index (χ4v) is 5.95. The third-order valence-corrected chi connectivity index (χ3v) is 8.09. The number of thiazole rings is 1. The average Bonchev–Trinajstić information content (AvgIpc) is 3.41. The maximum Gasteiger partial charge on any atom is 0.232 e. The summed E-state index contributed by atoms with van der Waals surface area (Å²) >= 11 is 3.45. The minimum atomic E-state index is 0.154. The van der Waals surface area contributed by atoms with Crippen LogP contribution in [0.15, 0.2) is 48.5 Å². The summed E-state index contributed by atoms with van der Waals surface area (Å²) in [5, 5.41) is 1.37.